The number of piperidine rings is 1. The fourth-order valence-electron chi connectivity index (χ4n) is 3.98. The van der Waals surface area contributed by atoms with Gasteiger partial charge in [0.1, 0.15) is 5.60 Å². The second-order valence-electron chi connectivity index (χ2n) is 9.56. The number of carbonyl (C=O) groups is 1. The highest BCUT2D eigenvalue weighted by molar-refractivity contribution is 7.86. The standard InChI is InChI=1S/C18H35N3O4S/c1-14-10-15(2)12-20(11-14)26(23,24)21-9-8-19(13-18(21,6)7)16(22)25-17(3,4)5/h14-15H,8-13H2,1-7H3/t14-,15-/m0/s1. The fourth-order valence-corrected chi connectivity index (χ4v) is 6.14. The molecule has 0 unspecified atom stereocenters. The van der Waals surface area contributed by atoms with Crippen molar-refractivity contribution >= 4 is 16.3 Å². The molecule has 26 heavy (non-hydrogen) atoms. The summed E-state index contributed by atoms with van der Waals surface area (Å²) < 4.78 is 35.2. The van der Waals surface area contributed by atoms with E-state index in [0.717, 1.165) is 6.42 Å². The lowest BCUT2D eigenvalue weighted by Crippen LogP contribution is -2.65. The van der Waals surface area contributed by atoms with Crippen molar-refractivity contribution in [1.82, 2.24) is 13.5 Å². The molecular weight excluding hydrogens is 354 g/mol. The van der Waals surface area contributed by atoms with E-state index in [1.165, 1.54) is 0 Å². The van der Waals surface area contributed by atoms with Gasteiger partial charge in [0.15, 0.2) is 0 Å². The normalized spacial score (nSPS) is 28.8. The van der Waals surface area contributed by atoms with Gasteiger partial charge in [-0.05, 0) is 52.9 Å². The lowest BCUT2D eigenvalue weighted by Gasteiger charge is -2.48. The van der Waals surface area contributed by atoms with Gasteiger partial charge in [0.2, 0.25) is 0 Å². The molecule has 0 aliphatic carbocycles. The van der Waals surface area contributed by atoms with Crippen molar-refractivity contribution in [1.29, 1.82) is 0 Å². The molecule has 0 aromatic carbocycles. The van der Waals surface area contributed by atoms with Crippen molar-refractivity contribution < 1.29 is 17.9 Å². The van der Waals surface area contributed by atoms with E-state index in [1.807, 2.05) is 34.6 Å². The van der Waals surface area contributed by atoms with Crippen LogP contribution in [0.15, 0.2) is 0 Å². The first-order chi connectivity index (χ1) is 11.7. The summed E-state index contributed by atoms with van der Waals surface area (Å²) in [5.41, 5.74) is -1.25. The van der Waals surface area contributed by atoms with Crippen LogP contribution in [0.3, 0.4) is 0 Å². The van der Waals surface area contributed by atoms with Crippen molar-refractivity contribution in [3.63, 3.8) is 0 Å². The van der Waals surface area contributed by atoms with Crippen LogP contribution in [-0.4, -0.2) is 71.9 Å². The Morgan fingerprint density at radius 1 is 1.08 bits per heavy atom. The predicted molar refractivity (Wildman–Crippen MR) is 102 cm³/mol. The van der Waals surface area contributed by atoms with Gasteiger partial charge in [-0.3, -0.25) is 0 Å². The maximum absolute atomic E-state index is 13.3. The molecule has 2 atom stereocenters. The number of amides is 1. The number of rotatable bonds is 2. The first-order valence-electron chi connectivity index (χ1n) is 9.48. The minimum absolute atomic E-state index is 0.286. The van der Waals surface area contributed by atoms with Gasteiger partial charge in [-0.15, -0.1) is 0 Å². The topological polar surface area (TPSA) is 70.2 Å². The Labute approximate surface area is 158 Å². The molecule has 2 aliphatic heterocycles. The number of hydrogen-bond donors (Lipinski definition) is 0. The number of hydrogen-bond acceptors (Lipinski definition) is 4. The summed E-state index contributed by atoms with van der Waals surface area (Å²) in [6.45, 7) is 15.5. The van der Waals surface area contributed by atoms with Gasteiger partial charge in [-0.1, -0.05) is 13.8 Å². The van der Waals surface area contributed by atoms with Gasteiger partial charge < -0.3 is 9.64 Å². The highest BCUT2D eigenvalue weighted by atomic mass is 32.2. The van der Waals surface area contributed by atoms with Crippen LogP contribution >= 0.6 is 0 Å². The van der Waals surface area contributed by atoms with Crippen LogP contribution in [0.2, 0.25) is 0 Å². The summed E-state index contributed by atoms with van der Waals surface area (Å²) in [6, 6.07) is 0. The number of nitrogens with zero attached hydrogens (tertiary/aromatic N) is 3. The van der Waals surface area contributed by atoms with E-state index in [9.17, 15) is 13.2 Å². The summed E-state index contributed by atoms with van der Waals surface area (Å²) in [7, 11) is -3.55. The smallest absolute Gasteiger partial charge is 0.410 e. The predicted octanol–water partition coefficient (Wildman–Crippen LogP) is 2.54. The average molecular weight is 390 g/mol. The van der Waals surface area contributed by atoms with Gasteiger partial charge in [0, 0.05) is 38.3 Å². The number of ether oxygens (including phenoxy) is 1. The Hall–Kier alpha value is -0.860. The van der Waals surface area contributed by atoms with Crippen molar-refractivity contribution in [2.75, 3.05) is 32.7 Å². The molecule has 152 valence electrons. The summed E-state index contributed by atoms with van der Waals surface area (Å²) in [5.74, 6) is 0.722. The molecule has 0 saturated carbocycles. The molecule has 7 nitrogen and oxygen atoms in total. The molecule has 8 heteroatoms. The number of carbonyl (C=O) groups excluding carboxylic acids is 1. The van der Waals surface area contributed by atoms with Gasteiger partial charge in [0.25, 0.3) is 10.2 Å². The van der Waals surface area contributed by atoms with Gasteiger partial charge in [0.05, 0.1) is 0 Å². The maximum atomic E-state index is 13.3. The fraction of sp³-hybridized carbons (Fsp3) is 0.944. The van der Waals surface area contributed by atoms with Crippen molar-refractivity contribution in [3.8, 4) is 0 Å². The van der Waals surface area contributed by atoms with Crippen LogP contribution in [0.5, 0.6) is 0 Å². The van der Waals surface area contributed by atoms with Crippen LogP contribution < -0.4 is 0 Å². The summed E-state index contributed by atoms with van der Waals surface area (Å²) in [5, 5.41) is 0. The molecule has 1 amide bonds. The molecule has 0 aromatic rings. The zero-order chi connectivity index (χ0) is 19.9. The second kappa shape index (κ2) is 7.28. The van der Waals surface area contributed by atoms with Crippen LogP contribution in [0.4, 0.5) is 4.79 Å². The van der Waals surface area contributed by atoms with Gasteiger partial charge >= 0.3 is 6.09 Å². The van der Waals surface area contributed by atoms with Crippen LogP contribution in [-0.2, 0) is 14.9 Å². The molecule has 0 bridgehead atoms. The highest BCUT2D eigenvalue weighted by Gasteiger charge is 2.46. The van der Waals surface area contributed by atoms with Gasteiger partial charge in [-0.25, -0.2) is 4.79 Å². The Balaban J connectivity index is 2.13. The molecule has 2 aliphatic rings. The molecule has 0 N–H and O–H groups in total. The molecule has 0 radical (unpaired) electrons. The Kier molecular flexibility index (Phi) is 6.00. The van der Waals surface area contributed by atoms with Crippen LogP contribution in [0.1, 0.15) is 54.9 Å². The SMILES string of the molecule is C[C@H]1C[C@H](C)CN(S(=O)(=O)N2CCN(C(=O)OC(C)(C)C)CC2(C)C)C1. The lowest BCUT2D eigenvalue weighted by molar-refractivity contribution is 0.00222. The zero-order valence-electron chi connectivity index (χ0n) is 17.3. The molecule has 0 aromatic heterocycles. The Morgan fingerprint density at radius 3 is 2.08 bits per heavy atom. The molecule has 2 saturated heterocycles. The zero-order valence-corrected chi connectivity index (χ0v) is 18.1. The maximum Gasteiger partial charge on any atom is 0.410 e. The number of piperazine rings is 1. The third-order valence-electron chi connectivity index (χ3n) is 4.92. The van der Waals surface area contributed by atoms with Crippen LogP contribution in [0, 0.1) is 11.8 Å². The molecule has 2 rings (SSSR count). The van der Waals surface area contributed by atoms with Crippen LogP contribution in [0.25, 0.3) is 0 Å². The van der Waals surface area contributed by atoms with Crippen molar-refractivity contribution in [2.24, 2.45) is 11.8 Å². The summed E-state index contributed by atoms with van der Waals surface area (Å²) >= 11 is 0. The molecule has 2 fully saturated rings. The van der Waals surface area contributed by atoms with E-state index >= 15 is 0 Å². The third kappa shape index (κ3) is 4.89. The highest BCUT2D eigenvalue weighted by Crippen LogP contribution is 2.30. The minimum Gasteiger partial charge on any atom is -0.444 e. The Morgan fingerprint density at radius 2 is 1.62 bits per heavy atom. The van der Waals surface area contributed by atoms with E-state index in [1.54, 1.807) is 13.5 Å². The minimum atomic E-state index is -3.55. The first-order valence-corrected chi connectivity index (χ1v) is 10.9. The second-order valence-corrected chi connectivity index (χ2v) is 11.4. The lowest BCUT2D eigenvalue weighted by atomic mass is 9.94. The summed E-state index contributed by atoms with van der Waals surface area (Å²) in [6.07, 6.45) is 0.671. The van der Waals surface area contributed by atoms with E-state index < -0.39 is 21.3 Å². The quantitative estimate of drug-likeness (QED) is 0.728. The monoisotopic (exact) mass is 389 g/mol. The molecule has 0 spiro atoms. The summed E-state index contributed by atoms with van der Waals surface area (Å²) in [4.78, 5) is 14.0. The van der Waals surface area contributed by atoms with Crippen molar-refractivity contribution in [2.45, 2.75) is 66.0 Å². The van der Waals surface area contributed by atoms with E-state index in [0.29, 0.717) is 38.0 Å². The molecular formula is C18H35N3O4S. The Bertz CT molecular complexity index is 617. The van der Waals surface area contributed by atoms with Gasteiger partial charge in [-0.2, -0.15) is 17.0 Å². The molecule has 2 heterocycles. The first kappa shape index (κ1) is 21.4. The van der Waals surface area contributed by atoms with E-state index in [4.69, 9.17) is 4.74 Å². The largest absolute Gasteiger partial charge is 0.444 e. The third-order valence-corrected chi connectivity index (χ3v) is 7.10. The average Bonchev–Trinajstić information content (AvgIpc) is 2.42. The van der Waals surface area contributed by atoms with E-state index in [-0.39, 0.29) is 12.6 Å². The van der Waals surface area contributed by atoms with E-state index in [2.05, 4.69) is 13.8 Å². The van der Waals surface area contributed by atoms with Crippen molar-refractivity contribution in [3.05, 3.63) is 0 Å².